The van der Waals surface area contributed by atoms with E-state index in [0.717, 1.165) is 57.8 Å². The molecule has 0 fully saturated rings. The molecule has 1 amide bonds. The normalized spacial score (nSPS) is 14.6. The summed E-state index contributed by atoms with van der Waals surface area (Å²) in [4.78, 5) is 25.4. The van der Waals surface area contributed by atoms with Gasteiger partial charge in [0.1, 0.15) is 13.2 Å². The van der Waals surface area contributed by atoms with E-state index in [0.29, 0.717) is 17.4 Å². The minimum Gasteiger partial charge on any atom is -0.756 e. The van der Waals surface area contributed by atoms with Gasteiger partial charge in [-0.25, -0.2) is 0 Å². The summed E-state index contributed by atoms with van der Waals surface area (Å²) < 4.78 is 23.2. The van der Waals surface area contributed by atoms with Crippen LogP contribution in [0.2, 0.25) is 0 Å². The molecule has 0 heterocycles. The molecule has 0 aliphatic carbocycles. The number of carbonyl (C=O) groups is 1. The Hall–Kier alpha value is -1.80. The van der Waals surface area contributed by atoms with Gasteiger partial charge in [-0.05, 0) is 57.8 Å². The number of aliphatic hydroxyl groups is 1. The van der Waals surface area contributed by atoms with Crippen LogP contribution in [-0.4, -0.2) is 68.5 Å². The van der Waals surface area contributed by atoms with Crippen LogP contribution >= 0.6 is 7.82 Å². The van der Waals surface area contributed by atoms with Crippen LogP contribution in [0.3, 0.4) is 0 Å². The van der Waals surface area contributed by atoms with Crippen molar-refractivity contribution in [1.82, 2.24) is 5.32 Å². The maximum atomic E-state index is 12.9. The first kappa shape index (κ1) is 60.2. The summed E-state index contributed by atoms with van der Waals surface area (Å²) in [6.45, 7) is 4.51. The molecule has 0 spiro atoms. The molecule has 0 aliphatic heterocycles. The molecule has 362 valence electrons. The van der Waals surface area contributed by atoms with Gasteiger partial charge < -0.3 is 28.8 Å². The van der Waals surface area contributed by atoms with Crippen molar-refractivity contribution >= 4 is 13.7 Å². The summed E-state index contributed by atoms with van der Waals surface area (Å²) in [5, 5.41) is 13.8. The third-order valence-corrected chi connectivity index (χ3v) is 12.2. The third kappa shape index (κ3) is 46.2. The van der Waals surface area contributed by atoms with E-state index in [2.05, 4.69) is 67.8 Å². The van der Waals surface area contributed by atoms with E-state index >= 15 is 0 Å². The number of allylic oxidation sites excluding steroid dienone is 9. The molecule has 0 bridgehead atoms. The number of rotatable bonds is 46. The van der Waals surface area contributed by atoms with Gasteiger partial charge in [0.05, 0.1) is 39.9 Å². The van der Waals surface area contributed by atoms with E-state index in [-0.39, 0.29) is 18.9 Å². The first-order valence-corrected chi connectivity index (χ1v) is 27.1. The number of quaternary nitrogens is 1. The van der Waals surface area contributed by atoms with Crippen LogP contribution in [0.15, 0.2) is 60.8 Å². The van der Waals surface area contributed by atoms with Crippen molar-refractivity contribution < 1.29 is 32.9 Å². The number of aliphatic hydroxyl groups excluding tert-OH is 1. The Kier molecular flexibility index (Phi) is 43.1. The summed E-state index contributed by atoms with van der Waals surface area (Å²) in [5.41, 5.74) is 0. The zero-order valence-electron chi connectivity index (χ0n) is 41.1. The fraction of sp³-hybridized carbons (Fsp3) is 0.792. The van der Waals surface area contributed by atoms with Gasteiger partial charge in [-0.15, -0.1) is 0 Å². The van der Waals surface area contributed by atoms with Gasteiger partial charge in [0.2, 0.25) is 5.91 Å². The molecule has 8 nitrogen and oxygen atoms in total. The molecule has 0 aromatic heterocycles. The average Bonchev–Trinajstić information content (AvgIpc) is 3.23. The van der Waals surface area contributed by atoms with E-state index in [1.165, 1.54) is 135 Å². The number of hydrogen-bond donors (Lipinski definition) is 2. The smallest absolute Gasteiger partial charge is 0.268 e. The molecule has 62 heavy (non-hydrogen) atoms. The molecular weight excluding hydrogens is 792 g/mol. The third-order valence-electron chi connectivity index (χ3n) is 11.2. The molecule has 9 heteroatoms. The number of nitrogens with zero attached hydrogens (tertiary/aromatic N) is 1. The predicted molar refractivity (Wildman–Crippen MR) is 265 cm³/mol. The molecule has 0 rings (SSSR count). The van der Waals surface area contributed by atoms with Crippen molar-refractivity contribution in [3.63, 3.8) is 0 Å². The Balaban J connectivity index is 4.30. The van der Waals surface area contributed by atoms with Crippen LogP contribution in [-0.2, 0) is 18.4 Å². The Morgan fingerprint density at radius 3 is 1.44 bits per heavy atom. The molecule has 0 radical (unpaired) electrons. The highest BCUT2D eigenvalue weighted by Crippen LogP contribution is 2.38. The fourth-order valence-corrected chi connectivity index (χ4v) is 7.93. The summed E-state index contributed by atoms with van der Waals surface area (Å²) in [7, 11) is 1.23. The lowest BCUT2D eigenvalue weighted by Gasteiger charge is -2.29. The van der Waals surface area contributed by atoms with Crippen molar-refractivity contribution in [3.8, 4) is 0 Å². The van der Waals surface area contributed by atoms with E-state index in [1.54, 1.807) is 6.08 Å². The van der Waals surface area contributed by atoms with Crippen molar-refractivity contribution in [2.24, 2.45) is 0 Å². The Bertz CT molecular complexity index is 1190. The minimum atomic E-state index is -4.61. The molecule has 3 unspecified atom stereocenters. The number of carbonyl (C=O) groups excluding carboxylic acids is 1. The van der Waals surface area contributed by atoms with Crippen molar-refractivity contribution in [1.29, 1.82) is 0 Å². The van der Waals surface area contributed by atoms with Gasteiger partial charge in [-0.1, -0.05) is 216 Å². The molecule has 0 aliphatic rings. The van der Waals surface area contributed by atoms with Gasteiger partial charge in [0.25, 0.3) is 7.82 Å². The minimum absolute atomic E-state index is 0.0113. The maximum Gasteiger partial charge on any atom is 0.268 e. The van der Waals surface area contributed by atoms with E-state index in [9.17, 15) is 19.4 Å². The molecular formula is C53H99N2O6P. The van der Waals surface area contributed by atoms with E-state index in [4.69, 9.17) is 9.05 Å². The molecule has 0 aromatic rings. The summed E-state index contributed by atoms with van der Waals surface area (Å²) >= 11 is 0. The predicted octanol–water partition coefficient (Wildman–Crippen LogP) is 14.3. The van der Waals surface area contributed by atoms with Crippen molar-refractivity contribution in [3.05, 3.63) is 60.8 Å². The second-order valence-corrected chi connectivity index (χ2v) is 19.9. The topological polar surface area (TPSA) is 108 Å². The molecule has 2 N–H and O–H groups in total. The number of amides is 1. The number of phosphoric acid groups is 1. The molecule has 0 aromatic carbocycles. The molecule has 3 atom stereocenters. The highest BCUT2D eigenvalue weighted by atomic mass is 31.2. The van der Waals surface area contributed by atoms with E-state index in [1.807, 2.05) is 27.2 Å². The van der Waals surface area contributed by atoms with Crippen LogP contribution in [0.25, 0.3) is 0 Å². The largest absolute Gasteiger partial charge is 0.756 e. The molecule has 0 saturated heterocycles. The summed E-state index contributed by atoms with van der Waals surface area (Å²) in [5.74, 6) is -0.238. The van der Waals surface area contributed by atoms with Crippen molar-refractivity contribution in [2.45, 2.75) is 231 Å². The van der Waals surface area contributed by atoms with Gasteiger partial charge in [-0.2, -0.15) is 0 Å². The Labute approximate surface area is 383 Å². The van der Waals surface area contributed by atoms with Crippen LogP contribution in [0, 0.1) is 0 Å². The standard InChI is InChI=1S/C53H99N2O6P/c1-6-8-10-12-14-16-18-20-22-23-24-25-26-27-28-29-30-31-33-34-36-38-40-42-44-46-52(56)51(50-61-62(58,59)60-49-48-55(3,4)5)54-53(57)47-45-43-41-39-37-35-32-21-19-17-15-13-11-9-7-2/h9,11,15,17,21,32,37,39,44,46,51-52,56H,6-8,10,12-14,16,18-20,22-31,33-36,38,40-43,45,47-50H2,1-5H3,(H-,54,57,58,59)/b11-9-,17-15-,32-21-,39-37-,46-44+. The van der Waals surface area contributed by atoms with Gasteiger partial charge in [-0.3, -0.25) is 9.36 Å². The number of phosphoric ester groups is 1. The summed E-state index contributed by atoms with van der Waals surface area (Å²) in [6.07, 6.45) is 58.7. The van der Waals surface area contributed by atoms with Crippen LogP contribution in [0.1, 0.15) is 219 Å². The fourth-order valence-electron chi connectivity index (χ4n) is 7.20. The highest BCUT2D eigenvalue weighted by molar-refractivity contribution is 7.45. The van der Waals surface area contributed by atoms with Crippen molar-refractivity contribution in [2.75, 3.05) is 40.9 Å². The zero-order chi connectivity index (χ0) is 45.7. The SMILES string of the molecule is CC/C=C\C/C=C\C/C=C\C/C=C\CCCCC(=O)NC(COP(=O)([O-])OCC[N+](C)(C)C)C(O)/C=C/CCCCCCCCCCCCCCCCCCCCCCCCC. The van der Waals surface area contributed by atoms with Crippen LogP contribution < -0.4 is 10.2 Å². The second kappa shape index (κ2) is 44.4. The maximum absolute atomic E-state index is 12.9. The monoisotopic (exact) mass is 891 g/mol. The average molecular weight is 891 g/mol. The van der Waals surface area contributed by atoms with E-state index < -0.39 is 26.6 Å². The van der Waals surface area contributed by atoms with Gasteiger partial charge in [0, 0.05) is 6.42 Å². The quantitative estimate of drug-likeness (QED) is 0.0273. The number of nitrogens with one attached hydrogen (secondary N) is 1. The van der Waals surface area contributed by atoms with Gasteiger partial charge >= 0.3 is 0 Å². The lowest BCUT2D eigenvalue weighted by molar-refractivity contribution is -0.870. The van der Waals surface area contributed by atoms with Gasteiger partial charge in [0.15, 0.2) is 0 Å². The number of unbranched alkanes of at least 4 members (excludes halogenated alkanes) is 25. The highest BCUT2D eigenvalue weighted by Gasteiger charge is 2.23. The lowest BCUT2D eigenvalue weighted by Crippen LogP contribution is -2.45. The van der Waals surface area contributed by atoms with Crippen LogP contribution in [0.5, 0.6) is 0 Å². The Morgan fingerprint density at radius 2 is 0.984 bits per heavy atom. The first-order chi connectivity index (χ1) is 30.0. The number of hydrogen-bond acceptors (Lipinski definition) is 6. The number of likely N-dealkylation sites (N-methyl/N-ethyl adjacent to an activating group) is 1. The first-order valence-electron chi connectivity index (χ1n) is 25.7. The summed E-state index contributed by atoms with van der Waals surface area (Å²) in [6, 6.07) is -0.910. The second-order valence-electron chi connectivity index (χ2n) is 18.5. The Morgan fingerprint density at radius 1 is 0.581 bits per heavy atom. The molecule has 0 saturated carbocycles. The zero-order valence-corrected chi connectivity index (χ0v) is 42.0. The lowest BCUT2D eigenvalue weighted by atomic mass is 10.0. The van der Waals surface area contributed by atoms with Crippen LogP contribution in [0.4, 0.5) is 0 Å².